The van der Waals surface area contributed by atoms with E-state index in [1.807, 2.05) is 0 Å². The monoisotopic (exact) mass is 246 g/mol. The van der Waals surface area contributed by atoms with Crippen molar-refractivity contribution in [3.05, 3.63) is 0 Å². The summed E-state index contributed by atoms with van der Waals surface area (Å²) in [6, 6.07) is 0. The molecule has 0 spiro atoms. The molecule has 0 saturated carbocycles. The molecule has 0 radical (unpaired) electrons. The third kappa shape index (κ3) is 57.0. The van der Waals surface area contributed by atoms with Gasteiger partial charge in [-0.2, -0.15) is 0 Å². The van der Waals surface area contributed by atoms with Crippen molar-refractivity contribution < 1.29 is 3.78 Å². The van der Waals surface area contributed by atoms with E-state index >= 15 is 0 Å². The van der Waals surface area contributed by atoms with Gasteiger partial charge in [-0.15, -0.1) is 0 Å². The zero-order valence-electron chi connectivity index (χ0n) is 3.82. The molecule has 0 amide bonds. The van der Waals surface area contributed by atoms with Gasteiger partial charge in [0.25, 0.3) is 0 Å². The summed E-state index contributed by atoms with van der Waals surface area (Å²) in [5.41, 5.74) is 1.53. The van der Waals surface area contributed by atoms with Gasteiger partial charge in [0.2, 0.25) is 0 Å². The summed E-state index contributed by atoms with van der Waals surface area (Å²) >= 11 is 0.125. The zero-order chi connectivity index (χ0) is 4.71. The van der Waals surface area contributed by atoms with E-state index in [0.717, 1.165) is 0 Å². The molecular formula is CH14Ge2OSi2. The molecule has 0 unspecified atom stereocenters. The molecule has 0 aliphatic heterocycles. The van der Waals surface area contributed by atoms with Gasteiger partial charge in [0, 0.05) is 0 Å². The second-order valence-corrected chi connectivity index (χ2v) is 6.36. The first-order valence-electron chi connectivity index (χ1n) is 1.70. The minimum Gasteiger partial charge on any atom is -0.0778 e. The number of hydrogen-bond donors (Lipinski definition) is 0. The zero-order valence-corrected chi connectivity index (χ0v) is 10.8. The molecule has 1 nitrogen and oxygen atoms in total. The quantitative estimate of drug-likeness (QED) is 0.393. The maximum atomic E-state index is 8.38. The number of hydrogen-bond acceptors (Lipinski definition) is 1. The van der Waals surface area contributed by atoms with Crippen molar-refractivity contribution in [3.8, 4) is 0 Å². The first kappa shape index (κ1) is 15.7. The van der Waals surface area contributed by atoms with Crippen LogP contribution in [-0.4, -0.2) is 54.5 Å². The van der Waals surface area contributed by atoms with Crippen molar-refractivity contribution in [1.82, 2.24) is 0 Å². The summed E-state index contributed by atoms with van der Waals surface area (Å²) in [6.07, 6.45) is 0. The largest absolute Gasteiger partial charge is 0.0778 e. The van der Waals surface area contributed by atoms with Gasteiger partial charge in [0.1, 0.15) is 0 Å². The normalized spacial score (nSPS) is 4.67. The Labute approximate surface area is 63.9 Å². The van der Waals surface area contributed by atoms with Gasteiger partial charge < -0.3 is 0 Å². The summed E-state index contributed by atoms with van der Waals surface area (Å²) < 4.78 is 8.38. The van der Waals surface area contributed by atoms with Crippen LogP contribution in [0.2, 0.25) is 5.67 Å². The molecule has 0 aliphatic carbocycles. The Morgan fingerprint density at radius 1 is 1.33 bits per heavy atom. The van der Waals surface area contributed by atoms with Crippen LogP contribution in [0.5, 0.6) is 0 Å². The van der Waals surface area contributed by atoms with Crippen LogP contribution in [0, 0.1) is 0 Å². The van der Waals surface area contributed by atoms with Gasteiger partial charge in [-0.3, -0.25) is 0 Å². The topological polar surface area (TPSA) is 17.1 Å². The molecule has 0 aromatic carbocycles. The molecule has 0 heterocycles. The van der Waals surface area contributed by atoms with Gasteiger partial charge in [-0.1, -0.05) is 5.67 Å². The van der Waals surface area contributed by atoms with Crippen molar-refractivity contribution >= 4 is 54.5 Å². The van der Waals surface area contributed by atoms with Crippen molar-refractivity contribution in [2.45, 2.75) is 5.67 Å². The fourth-order valence-electron chi connectivity index (χ4n) is 0. The van der Waals surface area contributed by atoms with Crippen LogP contribution >= 0.6 is 0 Å². The Morgan fingerprint density at radius 3 is 1.33 bits per heavy atom. The molecule has 0 N–H and O–H groups in total. The second-order valence-electron chi connectivity index (χ2n) is 0.707. The first-order valence-corrected chi connectivity index (χ1v) is 5.74. The predicted octanol–water partition coefficient (Wildman–Crippen LogP) is -4.39. The smallest absolute Gasteiger partial charge is 0.000878 e. The van der Waals surface area contributed by atoms with Crippen LogP contribution in [0.25, 0.3) is 0 Å². The van der Waals surface area contributed by atoms with Crippen LogP contribution in [0.15, 0.2) is 0 Å². The van der Waals surface area contributed by atoms with E-state index in [0.29, 0.717) is 0 Å². The minimum atomic E-state index is 0. The van der Waals surface area contributed by atoms with Crippen LogP contribution < -0.4 is 0 Å². The van der Waals surface area contributed by atoms with Crippen molar-refractivity contribution in [2.75, 3.05) is 0 Å². The Bertz CT molecular complexity index is 15.5. The van der Waals surface area contributed by atoms with Crippen LogP contribution in [0.1, 0.15) is 0 Å². The summed E-state index contributed by atoms with van der Waals surface area (Å²) in [7, 11) is 2.86. The second kappa shape index (κ2) is 33.2. The molecule has 6 heavy (non-hydrogen) atoms. The SMILES string of the molecule is [GeH4].[O]=[GeH2].[SiH3]C[SiH3]. The van der Waals surface area contributed by atoms with Crippen LogP contribution in [0.4, 0.5) is 0 Å². The van der Waals surface area contributed by atoms with E-state index in [4.69, 9.17) is 3.78 Å². The van der Waals surface area contributed by atoms with Crippen LogP contribution in [-0.2, 0) is 3.78 Å². The van der Waals surface area contributed by atoms with E-state index in [9.17, 15) is 0 Å². The standard InChI is InChI=1S/CH8Si2.GeH2O.GeH4/c2-1-3;1-2;/h1H2,2-3H3;1H2;1H4. The van der Waals surface area contributed by atoms with Gasteiger partial charge in [-0.25, -0.2) is 0 Å². The van der Waals surface area contributed by atoms with Gasteiger partial charge >= 0.3 is 37.8 Å². The maximum Gasteiger partial charge on any atom is -0.000878 e. The first-order chi connectivity index (χ1) is 2.41. The molecule has 0 atom stereocenters. The Balaban J connectivity index is -0.0000000275. The minimum absolute atomic E-state index is 0. The Morgan fingerprint density at radius 2 is 1.33 bits per heavy atom. The fraction of sp³-hybridized carbons (Fsp3) is 1.00. The Hall–Kier alpha value is 1.32. The summed E-state index contributed by atoms with van der Waals surface area (Å²) in [6.45, 7) is 0. The van der Waals surface area contributed by atoms with Crippen molar-refractivity contribution in [2.24, 2.45) is 0 Å². The molecule has 0 rings (SSSR count). The fourth-order valence-corrected chi connectivity index (χ4v) is 0. The van der Waals surface area contributed by atoms with E-state index < -0.39 is 0 Å². The molecule has 0 aliphatic rings. The van der Waals surface area contributed by atoms with E-state index in [1.54, 1.807) is 0 Å². The van der Waals surface area contributed by atoms with Crippen LogP contribution in [0.3, 0.4) is 0 Å². The third-order valence-corrected chi connectivity index (χ3v) is 0. The van der Waals surface area contributed by atoms with E-state index in [2.05, 4.69) is 0 Å². The molecule has 0 bridgehead atoms. The van der Waals surface area contributed by atoms with Crippen molar-refractivity contribution in [1.29, 1.82) is 0 Å². The molecular weight excluding hydrogens is 229 g/mol. The average molecular weight is 244 g/mol. The predicted molar refractivity (Wildman–Crippen MR) is 45.2 cm³/mol. The van der Waals surface area contributed by atoms with E-state index in [-0.39, 0.29) is 34.0 Å². The summed E-state index contributed by atoms with van der Waals surface area (Å²) in [4.78, 5) is 0. The average Bonchev–Trinajstić information content (AvgIpc) is 1.46. The third-order valence-electron chi connectivity index (χ3n) is 0. The molecule has 5 heteroatoms. The molecule has 0 aromatic heterocycles. The Kier molecular flexibility index (Phi) is 86.8. The van der Waals surface area contributed by atoms with E-state index in [1.165, 1.54) is 26.2 Å². The van der Waals surface area contributed by atoms with Crippen molar-refractivity contribution in [3.63, 3.8) is 0 Å². The number of rotatable bonds is 0. The van der Waals surface area contributed by atoms with Gasteiger partial charge in [0.15, 0.2) is 0 Å². The molecule has 0 fully saturated rings. The van der Waals surface area contributed by atoms with Gasteiger partial charge in [0.05, 0.1) is 0 Å². The molecule has 0 aromatic rings. The molecule has 40 valence electrons. The molecule has 0 saturated heterocycles. The van der Waals surface area contributed by atoms with Gasteiger partial charge in [-0.05, 0) is 20.5 Å². The summed E-state index contributed by atoms with van der Waals surface area (Å²) in [5.74, 6) is 0. The maximum absolute atomic E-state index is 8.38. The summed E-state index contributed by atoms with van der Waals surface area (Å²) in [5, 5.41) is 0.